The van der Waals surface area contributed by atoms with Crippen LogP contribution in [0.1, 0.15) is 15.9 Å². The van der Waals surface area contributed by atoms with Crippen molar-refractivity contribution in [2.45, 2.75) is 6.42 Å². The summed E-state index contributed by atoms with van der Waals surface area (Å²) in [5.74, 6) is -1.45. The zero-order valence-corrected chi connectivity index (χ0v) is 11.4. The molecule has 0 atom stereocenters. The lowest BCUT2D eigenvalue weighted by Gasteiger charge is -2.09. The van der Waals surface area contributed by atoms with Gasteiger partial charge in [0.1, 0.15) is 11.3 Å². The van der Waals surface area contributed by atoms with E-state index >= 15 is 0 Å². The number of aromatic hydroxyl groups is 1. The number of thiocarbonyl (C=S) groups is 1. The fourth-order valence-electron chi connectivity index (χ4n) is 1.78. The van der Waals surface area contributed by atoms with Crippen LogP contribution in [0.15, 0.2) is 48.5 Å². The lowest BCUT2D eigenvalue weighted by Crippen LogP contribution is -2.12. The molecule has 0 saturated carbocycles. The van der Waals surface area contributed by atoms with Crippen LogP contribution < -0.4 is 5.32 Å². The second kappa shape index (κ2) is 6.16. The van der Waals surface area contributed by atoms with E-state index in [9.17, 15) is 9.90 Å². The molecule has 0 amide bonds. The fourth-order valence-corrected chi connectivity index (χ4v) is 2.06. The Kier molecular flexibility index (Phi) is 4.32. The van der Waals surface area contributed by atoms with Gasteiger partial charge in [0.2, 0.25) is 0 Å². The van der Waals surface area contributed by atoms with Gasteiger partial charge in [-0.3, -0.25) is 0 Å². The molecule has 0 saturated heterocycles. The first-order valence-electron chi connectivity index (χ1n) is 5.96. The van der Waals surface area contributed by atoms with Gasteiger partial charge in [0, 0.05) is 18.2 Å². The molecule has 0 aliphatic heterocycles. The van der Waals surface area contributed by atoms with Gasteiger partial charge < -0.3 is 15.5 Å². The van der Waals surface area contributed by atoms with E-state index in [4.69, 9.17) is 17.3 Å². The Labute approximate surface area is 121 Å². The van der Waals surface area contributed by atoms with Crippen LogP contribution in [-0.4, -0.2) is 21.2 Å². The van der Waals surface area contributed by atoms with Crippen LogP contribution in [0.25, 0.3) is 0 Å². The summed E-state index contributed by atoms with van der Waals surface area (Å²) in [4.78, 5) is 11.4. The molecule has 0 heterocycles. The number of carboxylic acid groups (broad SMARTS) is 1. The number of phenols is 1. The van der Waals surface area contributed by atoms with Gasteiger partial charge in [-0.25, -0.2) is 4.79 Å². The Balaban J connectivity index is 2.05. The Hall–Kier alpha value is -2.40. The van der Waals surface area contributed by atoms with Crippen molar-refractivity contribution in [3.8, 4) is 5.75 Å². The number of hydrogen-bond donors (Lipinski definition) is 3. The number of rotatable bonds is 4. The summed E-state index contributed by atoms with van der Waals surface area (Å²) in [5.41, 5.74) is 1.51. The van der Waals surface area contributed by atoms with Crippen molar-refractivity contribution in [2.75, 3.05) is 5.32 Å². The predicted octanol–water partition coefficient (Wildman–Crippen LogP) is 3.07. The van der Waals surface area contributed by atoms with E-state index in [0.29, 0.717) is 17.1 Å². The van der Waals surface area contributed by atoms with Gasteiger partial charge in [-0.1, -0.05) is 42.5 Å². The van der Waals surface area contributed by atoms with E-state index in [1.54, 1.807) is 6.07 Å². The predicted molar refractivity (Wildman–Crippen MR) is 81.4 cm³/mol. The number of benzene rings is 2. The quantitative estimate of drug-likeness (QED) is 0.754. The minimum absolute atomic E-state index is 0.135. The van der Waals surface area contributed by atoms with Crippen molar-refractivity contribution in [2.24, 2.45) is 0 Å². The minimum Gasteiger partial charge on any atom is -0.507 e. The molecule has 20 heavy (non-hydrogen) atoms. The third-order valence-electron chi connectivity index (χ3n) is 2.72. The fraction of sp³-hybridized carbons (Fsp3) is 0.0667. The van der Waals surface area contributed by atoms with Gasteiger partial charge in [0.25, 0.3) is 0 Å². The number of nitrogens with one attached hydrogen (secondary N) is 1. The van der Waals surface area contributed by atoms with Gasteiger partial charge in [-0.05, 0) is 17.7 Å². The summed E-state index contributed by atoms with van der Waals surface area (Å²) in [7, 11) is 0. The molecule has 2 aromatic carbocycles. The van der Waals surface area contributed by atoms with Crippen molar-refractivity contribution < 1.29 is 15.0 Å². The van der Waals surface area contributed by atoms with Crippen molar-refractivity contribution in [1.82, 2.24) is 0 Å². The first-order chi connectivity index (χ1) is 9.56. The normalized spacial score (nSPS) is 10.0. The average molecular weight is 287 g/mol. The average Bonchev–Trinajstić information content (AvgIpc) is 2.39. The van der Waals surface area contributed by atoms with Gasteiger partial charge in [0.15, 0.2) is 0 Å². The molecule has 0 radical (unpaired) electrons. The molecule has 0 unspecified atom stereocenters. The highest BCUT2D eigenvalue weighted by Gasteiger charge is 2.10. The Bertz CT molecular complexity index is 641. The number of aromatic carboxylic acids is 1. The van der Waals surface area contributed by atoms with Gasteiger partial charge in [-0.15, -0.1) is 0 Å². The topological polar surface area (TPSA) is 69.6 Å². The molecule has 4 nitrogen and oxygen atoms in total. The van der Waals surface area contributed by atoms with Crippen molar-refractivity contribution in [3.63, 3.8) is 0 Å². The van der Waals surface area contributed by atoms with Crippen LogP contribution in [0.2, 0.25) is 0 Å². The van der Waals surface area contributed by atoms with E-state index in [0.717, 1.165) is 5.56 Å². The summed E-state index contributed by atoms with van der Waals surface area (Å²) in [6, 6.07) is 14.0. The monoisotopic (exact) mass is 287 g/mol. The summed E-state index contributed by atoms with van der Waals surface area (Å²) in [6.45, 7) is 0. The minimum atomic E-state index is -1.17. The summed E-state index contributed by atoms with van der Waals surface area (Å²) in [5, 5.41) is 21.4. The SMILES string of the molecule is O=C(O)c1ccc(NC(=S)Cc2ccccc2)cc1O. The molecule has 0 aromatic heterocycles. The molecular formula is C15H13NO3S. The molecule has 5 heteroatoms. The Morgan fingerprint density at radius 1 is 1.15 bits per heavy atom. The van der Waals surface area contributed by atoms with E-state index < -0.39 is 5.97 Å². The van der Waals surface area contributed by atoms with E-state index in [2.05, 4.69) is 5.32 Å². The molecule has 2 aromatic rings. The number of carbonyl (C=O) groups is 1. The molecule has 2 rings (SSSR count). The van der Waals surface area contributed by atoms with Gasteiger partial charge in [0.05, 0.1) is 4.99 Å². The Morgan fingerprint density at radius 2 is 1.85 bits per heavy atom. The smallest absolute Gasteiger partial charge is 0.339 e. The largest absolute Gasteiger partial charge is 0.507 e. The lowest BCUT2D eigenvalue weighted by atomic mass is 10.1. The number of hydrogen-bond acceptors (Lipinski definition) is 3. The van der Waals surface area contributed by atoms with Gasteiger partial charge in [-0.2, -0.15) is 0 Å². The van der Waals surface area contributed by atoms with E-state index in [1.165, 1.54) is 12.1 Å². The van der Waals surface area contributed by atoms with Crippen molar-refractivity contribution in [1.29, 1.82) is 0 Å². The second-order valence-corrected chi connectivity index (χ2v) is 4.74. The van der Waals surface area contributed by atoms with Crippen LogP contribution in [0.5, 0.6) is 5.75 Å². The van der Waals surface area contributed by atoms with E-state index in [-0.39, 0.29) is 11.3 Å². The Morgan fingerprint density at radius 3 is 2.45 bits per heavy atom. The first kappa shape index (κ1) is 14.0. The maximum Gasteiger partial charge on any atom is 0.339 e. The first-order valence-corrected chi connectivity index (χ1v) is 6.37. The maximum absolute atomic E-state index is 10.8. The zero-order valence-electron chi connectivity index (χ0n) is 10.5. The zero-order chi connectivity index (χ0) is 14.5. The highest BCUT2D eigenvalue weighted by Crippen LogP contribution is 2.22. The number of anilines is 1. The lowest BCUT2D eigenvalue weighted by molar-refractivity contribution is 0.0694. The molecular weight excluding hydrogens is 274 g/mol. The third kappa shape index (κ3) is 3.55. The molecule has 3 N–H and O–H groups in total. The molecule has 0 spiro atoms. The second-order valence-electron chi connectivity index (χ2n) is 4.25. The van der Waals surface area contributed by atoms with Gasteiger partial charge >= 0.3 is 5.97 Å². The highest BCUT2D eigenvalue weighted by molar-refractivity contribution is 7.80. The maximum atomic E-state index is 10.8. The summed E-state index contributed by atoms with van der Waals surface area (Å²) >= 11 is 5.24. The molecule has 0 aliphatic carbocycles. The van der Waals surface area contributed by atoms with Crippen LogP contribution in [0.3, 0.4) is 0 Å². The standard InChI is InChI=1S/C15H13NO3S/c17-13-9-11(6-7-12(13)15(18)19)16-14(20)8-10-4-2-1-3-5-10/h1-7,9,17H,8H2,(H,16,20)(H,18,19). The van der Waals surface area contributed by atoms with Crippen molar-refractivity contribution in [3.05, 3.63) is 59.7 Å². The number of carboxylic acids is 1. The molecule has 0 fully saturated rings. The summed E-state index contributed by atoms with van der Waals surface area (Å²) < 4.78 is 0. The van der Waals surface area contributed by atoms with Crippen LogP contribution in [0, 0.1) is 0 Å². The molecule has 0 aliphatic rings. The van der Waals surface area contributed by atoms with Crippen LogP contribution in [-0.2, 0) is 6.42 Å². The summed E-state index contributed by atoms with van der Waals surface area (Å²) in [6.07, 6.45) is 0.581. The molecule has 102 valence electrons. The van der Waals surface area contributed by atoms with Crippen LogP contribution in [0.4, 0.5) is 5.69 Å². The third-order valence-corrected chi connectivity index (χ3v) is 2.97. The molecule has 0 bridgehead atoms. The van der Waals surface area contributed by atoms with Crippen LogP contribution >= 0.6 is 12.2 Å². The van der Waals surface area contributed by atoms with E-state index in [1.807, 2.05) is 30.3 Å². The highest BCUT2D eigenvalue weighted by atomic mass is 32.1. The van der Waals surface area contributed by atoms with Crippen molar-refractivity contribution >= 4 is 28.9 Å².